The smallest absolute Gasteiger partial charge is 0.155 e. The molecule has 0 atom stereocenters. The zero-order valence-corrected chi connectivity index (χ0v) is 9.77. The van der Waals surface area contributed by atoms with Crippen molar-refractivity contribution in [1.82, 2.24) is 14.6 Å². The number of hydrogen-bond donors (Lipinski definition) is 0. The van der Waals surface area contributed by atoms with Crippen LogP contribution < -0.4 is 0 Å². The van der Waals surface area contributed by atoms with Gasteiger partial charge in [-0.1, -0.05) is 19.9 Å². The predicted molar refractivity (Wildman–Crippen MR) is 61.5 cm³/mol. The highest BCUT2D eigenvalue weighted by Crippen LogP contribution is 2.13. The quantitative estimate of drug-likeness (QED) is 0.789. The molecule has 0 fully saturated rings. The van der Waals surface area contributed by atoms with Gasteiger partial charge in [0.2, 0.25) is 0 Å². The summed E-state index contributed by atoms with van der Waals surface area (Å²) < 4.78 is 1.76. The summed E-state index contributed by atoms with van der Waals surface area (Å²) in [6.07, 6.45) is 0.401. The number of hydrogen-bond acceptors (Lipinski definition) is 3. The first-order chi connectivity index (χ1) is 7.58. The molecule has 0 radical (unpaired) electrons. The Hall–Kier alpha value is -1.71. The number of pyridine rings is 1. The van der Waals surface area contributed by atoms with Gasteiger partial charge >= 0.3 is 0 Å². The van der Waals surface area contributed by atoms with Crippen LogP contribution in [0.4, 0.5) is 0 Å². The predicted octanol–water partition coefficient (Wildman–Crippen LogP) is 1.98. The third kappa shape index (κ3) is 1.96. The van der Waals surface area contributed by atoms with E-state index in [0.717, 1.165) is 17.2 Å². The average molecular weight is 217 g/mol. The second kappa shape index (κ2) is 4.04. The van der Waals surface area contributed by atoms with Crippen molar-refractivity contribution in [3.8, 4) is 0 Å². The number of carbonyl (C=O) groups is 1. The van der Waals surface area contributed by atoms with Crippen LogP contribution in [-0.4, -0.2) is 20.4 Å². The molecular weight excluding hydrogens is 202 g/mol. The van der Waals surface area contributed by atoms with E-state index < -0.39 is 0 Å². The number of aromatic nitrogens is 3. The van der Waals surface area contributed by atoms with Gasteiger partial charge in [-0.15, -0.1) is 0 Å². The Balaban J connectivity index is 2.54. The molecule has 84 valence electrons. The molecule has 0 saturated heterocycles. The van der Waals surface area contributed by atoms with Gasteiger partial charge in [0.25, 0.3) is 0 Å². The fraction of sp³-hybridized carbons (Fsp3) is 0.417. The van der Waals surface area contributed by atoms with Gasteiger partial charge in [-0.2, -0.15) is 5.10 Å². The average Bonchev–Trinajstić information content (AvgIpc) is 2.61. The van der Waals surface area contributed by atoms with Crippen LogP contribution in [-0.2, 0) is 11.2 Å². The summed E-state index contributed by atoms with van der Waals surface area (Å²) in [5.74, 6) is 1.25. The third-order valence-corrected chi connectivity index (χ3v) is 2.40. The summed E-state index contributed by atoms with van der Waals surface area (Å²) >= 11 is 0. The van der Waals surface area contributed by atoms with Crippen molar-refractivity contribution in [1.29, 1.82) is 0 Å². The monoisotopic (exact) mass is 217 g/mol. The SMILES string of the molecule is CC(=O)Cc1cccc2nc(C(C)C)nn12. The molecule has 2 rings (SSSR count). The summed E-state index contributed by atoms with van der Waals surface area (Å²) in [5.41, 5.74) is 1.70. The van der Waals surface area contributed by atoms with E-state index >= 15 is 0 Å². The van der Waals surface area contributed by atoms with Crippen molar-refractivity contribution >= 4 is 11.4 Å². The van der Waals surface area contributed by atoms with Crippen LogP contribution in [0.5, 0.6) is 0 Å². The molecule has 0 spiro atoms. The molecule has 0 amide bonds. The summed E-state index contributed by atoms with van der Waals surface area (Å²) in [6.45, 7) is 5.69. The van der Waals surface area contributed by atoms with E-state index in [1.165, 1.54) is 0 Å². The number of nitrogens with zero attached hydrogens (tertiary/aromatic N) is 3. The highest BCUT2D eigenvalue weighted by molar-refractivity contribution is 5.77. The van der Waals surface area contributed by atoms with E-state index in [2.05, 4.69) is 23.9 Å². The summed E-state index contributed by atoms with van der Waals surface area (Å²) in [6, 6.07) is 5.72. The summed E-state index contributed by atoms with van der Waals surface area (Å²) in [4.78, 5) is 15.6. The number of carbonyl (C=O) groups excluding carboxylic acids is 1. The van der Waals surface area contributed by atoms with E-state index in [1.54, 1.807) is 11.4 Å². The van der Waals surface area contributed by atoms with E-state index in [1.807, 2.05) is 18.2 Å². The van der Waals surface area contributed by atoms with Crippen molar-refractivity contribution < 1.29 is 4.79 Å². The second-order valence-electron chi connectivity index (χ2n) is 4.29. The Labute approximate surface area is 94.3 Å². The fourth-order valence-electron chi connectivity index (χ4n) is 1.61. The minimum Gasteiger partial charge on any atom is -0.300 e. The topological polar surface area (TPSA) is 47.3 Å². The molecule has 16 heavy (non-hydrogen) atoms. The molecule has 0 aliphatic heterocycles. The normalized spacial score (nSPS) is 11.2. The molecule has 2 aromatic heterocycles. The molecule has 0 bridgehead atoms. The van der Waals surface area contributed by atoms with E-state index in [4.69, 9.17) is 0 Å². The molecule has 0 unspecified atom stereocenters. The molecule has 2 aromatic rings. The second-order valence-corrected chi connectivity index (χ2v) is 4.29. The molecular formula is C12H15N3O. The van der Waals surface area contributed by atoms with Crippen molar-refractivity contribution in [2.45, 2.75) is 33.1 Å². The summed E-state index contributed by atoms with van der Waals surface area (Å²) in [7, 11) is 0. The van der Waals surface area contributed by atoms with Crippen molar-refractivity contribution in [3.63, 3.8) is 0 Å². The summed E-state index contributed by atoms with van der Waals surface area (Å²) in [5, 5.41) is 4.42. The maximum absolute atomic E-state index is 11.1. The lowest BCUT2D eigenvalue weighted by Crippen LogP contribution is -2.04. The number of Topliss-reactive ketones (excluding diaryl/α,β-unsaturated/α-hetero) is 1. The van der Waals surface area contributed by atoms with Gasteiger partial charge in [0.15, 0.2) is 11.5 Å². The lowest BCUT2D eigenvalue weighted by Gasteiger charge is -2.00. The van der Waals surface area contributed by atoms with Gasteiger partial charge in [-0.05, 0) is 19.1 Å². The molecule has 0 aliphatic rings. The van der Waals surface area contributed by atoms with Crippen molar-refractivity contribution in [2.75, 3.05) is 0 Å². The van der Waals surface area contributed by atoms with Crippen LogP contribution in [0.3, 0.4) is 0 Å². The molecule has 0 N–H and O–H groups in total. The van der Waals surface area contributed by atoms with Gasteiger partial charge in [0, 0.05) is 12.3 Å². The van der Waals surface area contributed by atoms with Gasteiger partial charge in [0.1, 0.15) is 5.78 Å². The lowest BCUT2D eigenvalue weighted by atomic mass is 10.2. The molecule has 2 heterocycles. The maximum atomic E-state index is 11.1. The minimum absolute atomic E-state index is 0.133. The van der Waals surface area contributed by atoms with E-state index in [-0.39, 0.29) is 5.78 Å². The molecule has 0 aliphatic carbocycles. The van der Waals surface area contributed by atoms with Crippen LogP contribution in [0.15, 0.2) is 18.2 Å². The standard InChI is InChI=1S/C12H15N3O/c1-8(2)12-13-11-6-4-5-10(7-9(3)16)15(11)14-12/h4-6,8H,7H2,1-3H3. The van der Waals surface area contributed by atoms with E-state index in [0.29, 0.717) is 12.3 Å². The van der Waals surface area contributed by atoms with Gasteiger partial charge in [-0.3, -0.25) is 4.79 Å². The first-order valence-electron chi connectivity index (χ1n) is 5.42. The first kappa shape index (κ1) is 10.8. The number of fused-ring (bicyclic) bond motifs is 1. The number of rotatable bonds is 3. The van der Waals surface area contributed by atoms with Crippen LogP contribution in [0.2, 0.25) is 0 Å². The van der Waals surface area contributed by atoms with Crippen molar-refractivity contribution in [3.05, 3.63) is 29.7 Å². The van der Waals surface area contributed by atoms with Crippen LogP contribution in [0, 0.1) is 0 Å². The Bertz CT molecular complexity index is 528. The Morgan fingerprint density at radius 3 is 2.81 bits per heavy atom. The van der Waals surface area contributed by atoms with Crippen LogP contribution >= 0.6 is 0 Å². The van der Waals surface area contributed by atoms with Gasteiger partial charge in [-0.25, -0.2) is 9.50 Å². The Kier molecular flexibility index (Phi) is 2.73. The van der Waals surface area contributed by atoms with Crippen LogP contribution in [0.1, 0.15) is 38.2 Å². The largest absolute Gasteiger partial charge is 0.300 e. The highest BCUT2D eigenvalue weighted by atomic mass is 16.1. The number of ketones is 1. The first-order valence-corrected chi connectivity index (χ1v) is 5.42. The zero-order valence-electron chi connectivity index (χ0n) is 9.77. The minimum atomic E-state index is 0.133. The van der Waals surface area contributed by atoms with Gasteiger partial charge < -0.3 is 0 Å². The van der Waals surface area contributed by atoms with Crippen LogP contribution in [0.25, 0.3) is 5.65 Å². The van der Waals surface area contributed by atoms with E-state index in [9.17, 15) is 4.79 Å². The third-order valence-electron chi connectivity index (χ3n) is 2.40. The highest BCUT2D eigenvalue weighted by Gasteiger charge is 2.10. The molecule has 4 heteroatoms. The van der Waals surface area contributed by atoms with Gasteiger partial charge in [0.05, 0.1) is 5.69 Å². The lowest BCUT2D eigenvalue weighted by molar-refractivity contribution is -0.116. The van der Waals surface area contributed by atoms with Crippen molar-refractivity contribution in [2.24, 2.45) is 0 Å². The molecule has 0 aromatic carbocycles. The molecule has 4 nitrogen and oxygen atoms in total. The Morgan fingerprint density at radius 1 is 1.44 bits per heavy atom. The fourth-order valence-corrected chi connectivity index (χ4v) is 1.61. The zero-order chi connectivity index (χ0) is 11.7. The molecule has 0 saturated carbocycles. The maximum Gasteiger partial charge on any atom is 0.155 e. The Morgan fingerprint density at radius 2 is 2.19 bits per heavy atom.